The van der Waals surface area contributed by atoms with Gasteiger partial charge in [-0.3, -0.25) is 9.36 Å². The number of aromatic nitrogens is 3. The Morgan fingerprint density at radius 1 is 1.26 bits per heavy atom. The molecule has 27 heavy (non-hydrogen) atoms. The lowest BCUT2D eigenvalue weighted by Gasteiger charge is -2.12. The Bertz CT molecular complexity index is 931. The molecule has 0 unspecified atom stereocenters. The zero-order valence-corrected chi connectivity index (χ0v) is 16.0. The normalized spacial score (nSPS) is 10.6. The summed E-state index contributed by atoms with van der Waals surface area (Å²) >= 11 is 7.13. The number of carboxylic acids is 1. The van der Waals surface area contributed by atoms with Crippen LogP contribution in [0.3, 0.4) is 0 Å². The second kappa shape index (κ2) is 8.79. The average Bonchev–Trinajstić information content (AvgIpc) is 3.07. The fourth-order valence-electron chi connectivity index (χ4n) is 2.40. The maximum atomic E-state index is 10.9. The number of carboxylic acid groups (broad SMARTS) is 1. The fraction of sp³-hybridized carbons (Fsp3) is 0.167. The van der Waals surface area contributed by atoms with Crippen LogP contribution in [0.15, 0.2) is 53.7 Å². The van der Waals surface area contributed by atoms with E-state index in [1.807, 2.05) is 47.0 Å². The molecule has 0 saturated heterocycles. The molecule has 0 aliphatic carbocycles. The Balaban J connectivity index is 1.88. The van der Waals surface area contributed by atoms with Gasteiger partial charge in [0.25, 0.3) is 0 Å². The van der Waals surface area contributed by atoms with E-state index in [2.05, 4.69) is 15.5 Å². The predicted molar refractivity (Wildman–Crippen MR) is 105 cm³/mol. The number of methoxy groups -OCH3 is 1. The van der Waals surface area contributed by atoms with Crippen molar-refractivity contribution in [1.82, 2.24) is 14.8 Å². The monoisotopic (exact) mass is 404 g/mol. The zero-order valence-electron chi connectivity index (χ0n) is 14.4. The van der Waals surface area contributed by atoms with Gasteiger partial charge < -0.3 is 15.2 Å². The van der Waals surface area contributed by atoms with E-state index in [-0.39, 0.29) is 5.75 Å². The van der Waals surface area contributed by atoms with Crippen molar-refractivity contribution in [1.29, 1.82) is 0 Å². The second-order valence-electron chi connectivity index (χ2n) is 5.48. The first-order valence-electron chi connectivity index (χ1n) is 7.99. The quantitative estimate of drug-likeness (QED) is 0.553. The number of hydrogen-bond acceptors (Lipinski definition) is 6. The highest BCUT2D eigenvalue weighted by Crippen LogP contribution is 2.24. The van der Waals surface area contributed by atoms with Crippen LogP contribution in [0.25, 0.3) is 5.69 Å². The molecule has 0 fully saturated rings. The minimum atomic E-state index is -0.914. The third kappa shape index (κ3) is 4.93. The number of hydrogen-bond donors (Lipinski definition) is 2. The lowest BCUT2D eigenvalue weighted by atomic mass is 10.3. The van der Waals surface area contributed by atoms with Gasteiger partial charge in [0.05, 0.1) is 19.4 Å². The molecule has 1 aromatic heterocycles. The number of nitrogens with zero attached hydrogens (tertiary/aromatic N) is 3. The molecule has 0 bridgehead atoms. The van der Waals surface area contributed by atoms with Gasteiger partial charge in [-0.15, -0.1) is 10.2 Å². The molecule has 9 heteroatoms. The maximum absolute atomic E-state index is 10.9. The summed E-state index contributed by atoms with van der Waals surface area (Å²) in [6, 6.07) is 14.8. The van der Waals surface area contributed by atoms with Gasteiger partial charge in [0, 0.05) is 16.4 Å². The van der Waals surface area contributed by atoms with Crippen LogP contribution in [0.4, 0.5) is 5.69 Å². The Morgan fingerprint density at radius 2 is 2.04 bits per heavy atom. The summed E-state index contributed by atoms with van der Waals surface area (Å²) in [6.07, 6.45) is 0. The molecule has 7 nitrogen and oxygen atoms in total. The van der Waals surface area contributed by atoms with Crippen LogP contribution in [-0.4, -0.2) is 38.7 Å². The topological polar surface area (TPSA) is 89.3 Å². The summed E-state index contributed by atoms with van der Waals surface area (Å²) in [7, 11) is 1.60. The van der Waals surface area contributed by atoms with Crippen molar-refractivity contribution in [2.75, 3.05) is 18.2 Å². The second-order valence-corrected chi connectivity index (χ2v) is 6.86. The van der Waals surface area contributed by atoms with E-state index in [0.717, 1.165) is 28.9 Å². The first-order chi connectivity index (χ1) is 13.1. The third-order valence-corrected chi connectivity index (χ3v) is 4.78. The van der Waals surface area contributed by atoms with Crippen LogP contribution < -0.4 is 10.1 Å². The molecule has 0 amide bonds. The predicted octanol–water partition coefficient (Wildman–Crippen LogP) is 3.72. The largest absolute Gasteiger partial charge is 0.497 e. The van der Waals surface area contributed by atoms with Gasteiger partial charge in [0.2, 0.25) is 0 Å². The van der Waals surface area contributed by atoms with Gasteiger partial charge in [-0.1, -0.05) is 29.4 Å². The van der Waals surface area contributed by atoms with Crippen LogP contribution >= 0.6 is 23.4 Å². The number of nitrogens with one attached hydrogen (secondary N) is 1. The van der Waals surface area contributed by atoms with Gasteiger partial charge in [-0.2, -0.15) is 0 Å². The number of rotatable bonds is 8. The van der Waals surface area contributed by atoms with E-state index in [1.165, 1.54) is 0 Å². The van der Waals surface area contributed by atoms with Crippen LogP contribution in [0.2, 0.25) is 5.02 Å². The Morgan fingerprint density at radius 3 is 2.70 bits per heavy atom. The summed E-state index contributed by atoms with van der Waals surface area (Å²) in [5.41, 5.74) is 1.67. The summed E-state index contributed by atoms with van der Waals surface area (Å²) in [5.74, 6) is 0.358. The molecular weight excluding hydrogens is 388 g/mol. The van der Waals surface area contributed by atoms with Crippen LogP contribution in [0.5, 0.6) is 5.75 Å². The van der Waals surface area contributed by atoms with Gasteiger partial charge in [0.1, 0.15) is 5.75 Å². The molecule has 0 atom stereocenters. The Labute approximate surface area is 165 Å². The highest BCUT2D eigenvalue weighted by molar-refractivity contribution is 7.99. The standard InChI is InChI=1S/C18H17ClN4O3S/c1-26-15-7-5-14(6-8-15)23-16(21-22-18(23)27-11-17(24)25)10-20-13-4-2-3-12(19)9-13/h2-9,20H,10-11H2,1H3,(H,24,25). The van der Waals surface area contributed by atoms with Crippen LogP contribution in [0.1, 0.15) is 5.82 Å². The van der Waals surface area contributed by atoms with Gasteiger partial charge in [-0.25, -0.2) is 0 Å². The van der Waals surface area contributed by atoms with E-state index in [1.54, 1.807) is 13.2 Å². The summed E-state index contributed by atoms with van der Waals surface area (Å²) in [6.45, 7) is 0.396. The molecule has 1 heterocycles. The van der Waals surface area contributed by atoms with Crippen molar-refractivity contribution in [2.24, 2.45) is 0 Å². The molecule has 3 aromatic rings. The van der Waals surface area contributed by atoms with E-state index >= 15 is 0 Å². The molecule has 0 radical (unpaired) electrons. The van der Waals surface area contributed by atoms with Gasteiger partial charge >= 0.3 is 5.97 Å². The van der Waals surface area contributed by atoms with Crippen molar-refractivity contribution < 1.29 is 14.6 Å². The summed E-state index contributed by atoms with van der Waals surface area (Å²) in [4.78, 5) is 10.9. The SMILES string of the molecule is COc1ccc(-n2c(CNc3cccc(Cl)c3)nnc2SCC(=O)O)cc1. The fourth-order valence-corrected chi connectivity index (χ4v) is 3.29. The number of anilines is 1. The Kier molecular flexibility index (Phi) is 6.20. The van der Waals surface area contributed by atoms with E-state index in [4.69, 9.17) is 21.4 Å². The van der Waals surface area contributed by atoms with Crippen molar-refractivity contribution >= 4 is 35.0 Å². The van der Waals surface area contributed by atoms with Crippen LogP contribution in [-0.2, 0) is 11.3 Å². The number of benzene rings is 2. The zero-order chi connectivity index (χ0) is 19.2. The minimum absolute atomic E-state index is 0.101. The summed E-state index contributed by atoms with van der Waals surface area (Å²) in [5, 5.41) is 21.7. The number of thioether (sulfide) groups is 1. The first kappa shape index (κ1) is 19.1. The van der Waals surface area contributed by atoms with E-state index < -0.39 is 5.97 Å². The number of aliphatic carboxylic acids is 1. The van der Waals surface area contributed by atoms with Gasteiger partial charge in [-0.05, 0) is 42.5 Å². The molecule has 0 spiro atoms. The molecule has 3 rings (SSSR count). The molecule has 2 N–H and O–H groups in total. The van der Waals surface area contributed by atoms with Gasteiger partial charge in [0.15, 0.2) is 11.0 Å². The molecule has 0 saturated carbocycles. The lowest BCUT2D eigenvalue weighted by molar-refractivity contribution is -0.133. The van der Waals surface area contributed by atoms with E-state index in [0.29, 0.717) is 22.5 Å². The minimum Gasteiger partial charge on any atom is -0.497 e. The first-order valence-corrected chi connectivity index (χ1v) is 9.36. The van der Waals surface area contributed by atoms with Crippen molar-refractivity contribution in [3.63, 3.8) is 0 Å². The lowest BCUT2D eigenvalue weighted by Crippen LogP contribution is -2.09. The number of ether oxygens (including phenoxy) is 1. The number of halogens is 1. The molecule has 140 valence electrons. The molecule has 0 aliphatic rings. The smallest absolute Gasteiger partial charge is 0.313 e. The van der Waals surface area contributed by atoms with Crippen LogP contribution in [0, 0.1) is 0 Å². The molecule has 0 aliphatic heterocycles. The van der Waals surface area contributed by atoms with E-state index in [9.17, 15) is 4.79 Å². The van der Waals surface area contributed by atoms with Crippen molar-refractivity contribution in [3.05, 3.63) is 59.4 Å². The highest BCUT2D eigenvalue weighted by Gasteiger charge is 2.16. The molecular formula is C18H17ClN4O3S. The number of carbonyl (C=O) groups is 1. The third-order valence-electron chi connectivity index (χ3n) is 3.63. The highest BCUT2D eigenvalue weighted by atomic mass is 35.5. The molecule has 2 aromatic carbocycles. The maximum Gasteiger partial charge on any atom is 0.313 e. The Hall–Kier alpha value is -2.71. The van der Waals surface area contributed by atoms with Crippen molar-refractivity contribution in [2.45, 2.75) is 11.7 Å². The van der Waals surface area contributed by atoms with Crippen molar-refractivity contribution in [3.8, 4) is 11.4 Å². The summed E-state index contributed by atoms with van der Waals surface area (Å²) < 4.78 is 7.02. The average molecular weight is 405 g/mol.